The molecule has 1 aliphatic carbocycles. The fourth-order valence-electron chi connectivity index (χ4n) is 5.62. The first-order valence-corrected chi connectivity index (χ1v) is 14.2. The molecule has 2 N–H and O–H groups in total. The molecule has 3 aromatic carbocycles. The summed E-state index contributed by atoms with van der Waals surface area (Å²) in [6.07, 6.45) is -0.677. The molecule has 0 bridgehead atoms. The maximum atomic E-state index is 12.4. The Morgan fingerprint density at radius 1 is 0.905 bits per heavy atom. The molecule has 2 atom stereocenters. The van der Waals surface area contributed by atoms with Gasteiger partial charge in [0, 0.05) is 11.5 Å². The second kappa shape index (κ2) is 12.7. The van der Waals surface area contributed by atoms with Gasteiger partial charge in [0.2, 0.25) is 0 Å². The van der Waals surface area contributed by atoms with Gasteiger partial charge in [-0.15, -0.1) is 0 Å². The van der Waals surface area contributed by atoms with Gasteiger partial charge in [-0.05, 0) is 78.8 Å². The molecular formula is C34H36N2O6. The average molecular weight is 569 g/mol. The number of ether oxygens (including phenoxy) is 3. The van der Waals surface area contributed by atoms with Crippen molar-refractivity contribution in [3.63, 3.8) is 0 Å². The molecular weight excluding hydrogens is 532 g/mol. The standard InChI is InChI=1S/C34H36N2O6/c1-5-40-32(39)16-31-28-11-7-6-10-27(28)30-15-25(13-14-29(30)31)41-18-23-9-8-12-26(20(23)2)33-21(3)35-34(36-22(33)4)42-19-24(38)17-37/h6-15,24,31,37-38H,5,16-19H2,1-4H3/t24-,31?/m1/s1. The summed E-state index contributed by atoms with van der Waals surface area (Å²) in [7, 11) is 0. The van der Waals surface area contributed by atoms with Crippen LogP contribution in [0.5, 0.6) is 11.8 Å². The molecule has 1 heterocycles. The highest BCUT2D eigenvalue weighted by Gasteiger charge is 2.31. The molecule has 4 aromatic rings. The van der Waals surface area contributed by atoms with Gasteiger partial charge in [-0.1, -0.05) is 48.5 Å². The van der Waals surface area contributed by atoms with Crippen molar-refractivity contribution >= 4 is 5.97 Å². The average Bonchev–Trinajstić information content (AvgIpc) is 3.28. The smallest absolute Gasteiger partial charge is 0.316 e. The van der Waals surface area contributed by atoms with Crippen LogP contribution in [0.4, 0.5) is 0 Å². The minimum absolute atomic E-state index is 0.0338. The maximum absolute atomic E-state index is 12.4. The molecule has 0 amide bonds. The molecule has 0 saturated carbocycles. The Morgan fingerprint density at radius 2 is 1.62 bits per heavy atom. The SMILES string of the molecule is CCOC(=O)CC1c2ccccc2-c2cc(OCc3cccc(-c4c(C)nc(OC[C@H](O)CO)nc4C)c3C)ccc21. The molecule has 42 heavy (non-hydrogen) atoms. The number of hydrogen-bond donors (Lipinski definition) is 2. The van der Waals surface area contributed by atoms with Crippen LogP contribution in [0.1, 0.15) is 52.9 Å². The second-order valence-electron chi connectivity index (χ2n) is 10.5. The van der Waals surface area contributed by atoms with Crippen molar-refractivity contribution in [1.82, 2.24) is 9.97 Å². The second-order valence-corrected chi connectivity index (χ2v) is 10.5. The Hall–Kier alpha value is -4.27. The van der Waals surface area contributed by atoms with Crippen LogP contribution in [-0.4, -0.2) is 52.1 Å². The zero-order valence-electron chi connectivity index (χ0n) is 24.4. The predicted octanol–water partition coefficient (Wildman–Crippen LogP) is 5.45. The molecule has 0 radical (unpaired) electrons. The zero-order valence-corrected chi connectivity index (χ0v) is 24.4. The van der Waals surface area contributed by atoms with Crippen molar-refractivity contribution in [1.29, 1.82) is 0 Å². The number of benzene rings is 3. The van der Waals surface area contributed by atoms with Crippen molar-refractivity contribution in [2.75, 3.05) is 19.8 Å². The first kappa shape index (κ1) is 29.2. The fourth-order valence-corrected chi connectivity index (χ4v) is 5.62. The molecule has 0 saturated heterocycles. The Labute approximate surface area is 246 Å². The van der Waals surface area contributed by atoms with E-state index in [0.717, 1.165) is 61.6 Å². The number of esters is 1. The lowest BCUT2D eigenvalue weighted by Gasteiger charge is -2.17. The van der Waals surface area contributed by atoms with Crippen molar-refractivity contribution in [2.45, 2.75) is 52.7 Å². The zero-order chi connectivity index (χ0) is 29.8. The molecule has 1 unspecified atom stereocenters. The summed E-state index contributed by atoms with van der Waals surface area (Å²) in [5, 5.41) is 18.6. The van der Waals surface area contributed by atoms with Crippen LogP contribution in [0.3, 0.4) is 0 Å². The molecule has 5 rings (SSSR count). The van der Waals surface area contributed by atoms with Crippen LogP contribution in [0, 0.1) is 20.8 Å². The Morgan fingerprint density at radius 3 is 2.36 bits per heavy atom. The van der Waals surface area contributed by atoms with E-state index in [9.17, 15) is 9.90 Å². The molecule has 0 spiro atoms. The van der Waals surface area contributed by atoms with Crippen LogP contribution >= 0.6 is 0 Å². The number of hydrogen-bond acceptors (Lipinski definition) is 8. The van der Waals surface area contributed by atoms with Gasteiger partial charge in [-0.2, -0.15) is 9.97 Å². The van der Waals surface area contributed by atoms with E-state index in [1.807, 2.05) is 51.1 Å². The lowest BCUT2D eigenvalue weighted by atomic mass is 9.93. The first-order valence-electron chi connectivity index (χ1n) is 14.2. The van der Waals surface area contributed by atoms with Crippen molar-refractivity contribution < 1.29 is 29.2 Å². The highest BCUT2D eigenvalue weighted by Crippen LogP contribution is 2.47. The Kier molecular flexibility index (Phi) is 8.85. The summed E-state index contributed by atoms with van der Waals surface area (Å²) < 4.78 is 17.0. The van der Waals surface area contributed by atoms with Crippen LogP contribution < -0.4 is 9.47 Å². The number of aliphatic hydroxyl groups is 2. The lowest BCUT2D eigenvalue weighted by molar-refractivity contribution is -0.143. The Bertz CT molecular complexity index is 1580. The van der Waals surface area contributed by atoms with E-state index in [1.165, 1.54) is 0 Å². The third kappa shape index (κ3) is 6.00. The summed E-state index contributed by atoms with van der Waals surface area (Å²) in [5.74, 6) is 0.528. The monoisotopic (exact) mass is 568 g/mol. The predicted molar refractivity (Wildman–Crippen MR) is 160 cm³/mol. The van der Waals surface area contributed by atoms with E-state index in [1.54, 1.807) is 0 Å². The summed E-state index contributed by atoms with van der Waals surface area (Å²) >= 11 is 0. The largest absolute Gasteiger partial charge is 0.489 e. The van der Waals surface area contributed by atoms with Crippen LogP contribution in [0.15, 0.2) is 60.7 Å². The third-order valence-electron chi connectivity index (χ3n) is 7.68. The van der Waals surface area contributed by atoms with E-state index >= 15 is 0 Å². The number of fused-ring (bicyclic) bond motifs is 3. The summed E-state index contributed by atoms with van der Waals surface area (Å²) in [6.45, 7) is 7.97. The third-order valence-corrected chi connectivity index (χ3v) is 7.68. The highest BCUT2D eigenvalue weighted by atomic mass is 16.5. The topological polar surface area (TPSA) is 111 Å². The molecule has 0 fully saturated rings. The lowest BCUT2D eigenvalue weighted by Crippen LogP contribution is -2.22. The minimum atomic E-state index is -0.987. The van der Waals surface area contributed by atoms with Crippen molar-refractivity contribution in [2.24, 2.45) is 0 Å². The van der Waals surface area contributed by atoms with Gasteiger partial charge in [0.1, 0.15) is 25.1 Å². The molecule has 8 heteroatoms. The minimum Gasteiger partial charge on any atom is -0.489 e. The highest BCUT2D eigenvalue weighted by molar-refractivity contribution is 5.83. The molecule has 8 nitrogen and oxygen atoms in total. The van der Waals surface area contributed by atoms with Gasteiger partial charge in [0.05, 0.1) is 31.0 Å². The van der Waals surface area contributed by atoms with Gasteiger partial charge in [-0.25, -0.2) is 0 Å². The molecule has 1 aromatic heterocycles. The van der Waals surface area contributed by atoms with E-state index in [2.05, 4.69) is 47.2 Å². The fraction of sp³-hybridized carbons (Fsp3) is 0.324. The number of carbonyl (C=O) groups is 1. The van der Waals surface area contributed by atoms with E-state index in [0.29, 0.717) is 19.6 Å². The van der Waals surface area contributed by atoms with Gasteiger partial charge in [0.15, 0.2) is 0 Å². The van der Waals surface area contributed by atoms with Crippen LogP contribution in [-0.2, 0) is 16.1 Å². The maximum Gasteiger partial charge on any atom is 0.316 e. The summed E-state index contributed by atoms with van der Waals surface area (Å²) in [5.41, 5.74) is 10.0. The van der Waals surface area contributed by atoms with Gasteiger partial charge < -0.3 is 24.4 Å². The number of nitrogens with zero attached hydrogens (tertiary/aromatic N) is 2. The molecule has 218 valence electrons. The van der Waals surface area contributed by atoms with Gasteiger partial charge >= 0.3 is 12.0 Å². The first-order chi connectivity index (χ1) is 20.3. The number of carbonyl (C=O) groups excluding carboxylic acids is 1. The van der Waals surface area contributed by atoms with Crippen molar-refractivity contribution in [3.05, 3.63) is 94.3 Å². The van der Waals surface area contributed by atoms with E-state index < -0.39 is 12.7 Å². The number of aromatic nitrogens is 2. The number of aliphatic hydroxyl groups excluding tert-OH is 2. The van der Waals surface area contributed by atoms with Gasteiger partial charge in [0.25, 0.3) is 0 Å². The quantitative estimate of drug-likeness (QED) is 0.230. The molecule has 0 aliphatic heterocycles. The molecule has 1 aliphatic rings. The van der Waals surface area contributed by atoms with Crippen LogP contribution in [0.25, 0.3) is 22.3 Å². The summed E-state index contributed by atoms with van der Waals surface area (Å²) in [6, 6.07) is 20.6. The number of aryl methyl sites for hydroxylation is 2. The van der Waals surface area contributed by atoms with E-state index in [-0.39, 0.29) is 24.5 Å². The summed E-state index contributed by atoms with van der Waals surface area (Å²) in [4.78, 5) is 21.3. The normalized spacial score (nSPS) is 14.2. The number of rotatable bonds is 11. The van der Waals surface area contributed by atoms with Crippen molar-refractivity contribution in [3.8, 4) is 34.0 Å². The van der Waals surface area contributed by atoms with Crippen LogP contribution in [0.2, 0.25) is 0 Å². The Balaban J connectivity index is 1.36. The van der Waals surface area contributed by atoms with E-state index in [4.69, 9.17) is 19.3 Å². The van der Waals surface area contributed by atoms with Gasteiger partial charge in [-0.3, -0.25) is 4.79 Å².